The third kappa shape index (κ3) is 3.80. The van der Waals surface area contributed by atoms with Crippen LogP contribution in [0.4, 0.5) is 11.4 Å². The molecule has 2 aromatic carbocycles. The van der Waals surface area contributed by atoms with E-state index in [1.807, 2.05) is 0 Å². The lowest BCUT2D eigenvalue weighted by molar-refractivity contribution is -0.131. The molecule has 0 saturated heterocycles. The van der Waals surface area contributed by atoms with Gasteiger partial charge in [-0.05, 0) is 45.0 Å². The first-order valence-electron chi connectivity index (χ1n) is 9.02. The molecule has 0 radical (unpaired) electrons. The Bertz CT molecular complexity index is 1020. The molecule has 0 saturated carbocycles. The van der Waals surface area contributed by atoms with Crippen LogP contribution in [0.2, 0.25) is 0 Å². The van der Waals surface area contributed by atoms with E-state index in [-0.39, 0.29) is 11.5 Å². The van der Waals surface area contributed by atoms with Crippen LogP contribution >= 0.6 is 0 Å². The van der Waals surface area contributed by atoms with Crippen molar-refractivity contribution >= 4 is 40.0 Å². The maximum Gasteiger partial charge on any atom is 0.340 e. The van der Waals surface area contributed by atoms with Crippen molar-refractivity contribution in [3.63, 3.8) is 0 Å². The molecule has 0 aliphatic carbocycles. The molecule has 1 heterocycles. The highest BCUT2D eigenvalue weighted by Gasteiger charge is 2.45. The first kappa shape index (κ1) is 20.7. The van der Waals surface area contributed by atoms with Crippen molar-refractivity contribution in [2.45, 2.75) is 37.3 Å². The highest BCUT2D eigenvalue weighted by molar-refractivity contribution is 7.84. The quantitative estimate of drug-likeness (QED) is 0.777. The maximum absolute atomic E-state index is 13.2. The monoisotopic (exact) mass is 414 g/mol. The second-order valence-electron chi connectivity index (χ2n) is 7.20. The highest BCUT2D eigenvalue weighted by atomic mass is 32.2. The Morgan fingerprint density at radius 1 is 1.10 bits per heavy atom. The van der Waals surface area contributed by atoms with Crippen LogP contribution in [0.3, 0.4) is 0 Å². The maximum atomic E-state index is 13.2. The molecule has 1 aliphatic rings. The van der Waals surface area contributed by atoms with Crippen molar-refractivity contribution < 1.29 is 23.3 Å². The van der Waals surface area contributed by atoms with Gasteiger partial charge in [-0.3, -0.25) is 18.7 Å². The van der Waals surface area contributed by atoms with Crippen molar-refractivity contribution in [2.75, 3.05) is 16.5 Å². The van der Waals surface area contributed by atoms with Gasteiger partial charge in [-0.2, -0.15) is 0 Å². The van der Waals surface area contributed by atoms with Crippen molar-refractivity contribution in [3.05, 3.63) is 54.1 Å². The normalized spacial score (nSPS) is 17.0. The first-order valence-corrected chi connectivity index (χ1v) is 10.6. The topological polar surface area (TPSA) is 92.8 Å². The van der Waals surface area contributed by atoms with E-state index in [4.69, 9.17) is 4.74 Å². The van der Waals surface area contributed by atoms with Gasteiger partial charge in [-0.15, -0.1) is 0 Å². The molecule has 3 rings (SSSR count). The smallest absolute Gasteiger partial charge is 0.340 e. The number of hydrogen-bond acceptors (Lipinski definition) is 5. The average molecular weight is 414 g/mol. The summed E-state index contributed by atoms with van der Waals surface area (Å²) < 4.78 is 17.3. The Morgan fingerprint density at radius 2 is 1.72 bits per heavy atom. The summed E-state index contributed by atoms with van der Waals surface area (Å²) in [5, 5.41) is 2.79. The number of hydrogen-bond donors (Lipinski definition) is 1. The summed E-state index contributed by atoms with van der Waals surface area (Å²) in [5.41, 5.74) is 0.00841. The predicted octanol–water partition coefficient (Wildman–Crippen LogP) is 2.73. The zero-order chi connectivity index (χ0) is 21.3. The molecular formula is C21H22N2O5S. The first-order chi connectivity index (χ1) is 13.6. The van der Waals surface area contributed by atoms with E-state index in [2.05, 4.69) is 5.32 Å². The van der Waals surface area contributed by atoms with Gasteiger partial charge in [-0.1, -0.05) is 24.3 Å². The Balaban J connectivity index is 1.89. The lowest BCUT2D eigenvalue weighted by Gasteiger charge is -2.42. The van der Waals surface area contributed by atoms with Gasteiger partial charge in [0.2, 0.25) is 5.91 Å². The van der Waals surface area contributed by atoms with Crippen LogP contribution in [0.15, 0.2) is 53.4 Å². The van der Waals surface area contributed by atoms with E-state index >= 15 is 0 Å². The number of para-hydroxylation sites is 2. The molecule has 152 valence electrons. The largest absolute Gasteiger partial charge is 0.449 e. The second kappa shape index (κ2) is 7.79. The van der Waals surface area contributed by atoms with Crippen LogP contribution in [0.5, 0.6) is 0 Å². The fraction of sp³-hybridized carbons (Fsp3) is 0.286. The molecule has 2 atom stereocenters. The zero-order valence-electron chi connectivity index (χ0n) is 16.6. The summed E-state index contributed by atoms with van der Waals surface area (Å²) in [7, 11) is -1.39. The Kier molecular flexibility index (Phi) is 5.57. The highest BCUT2D eigenvalue weighted by Crippen LogP contribution is 2.37. The minimum atomic E-state index is -1.39. The summed E-state index contributed by atoms with van der Waals surface area (Å²) in [5.74, 6) is -1.61. The van der Waals surface area contributed by atoms with Gasteiger partial charge >= 0.3 is 5.97 Å². The molecule has 7 nitrogen and oxygen atoms in total. The van der Waals surface area contributed by atoms with Crippen LogP contribution in [-0.2, 0) is 25.1 Å². The fourth-order valence-corrected chi connectivity index (χ4v) is 3.92. The second-order valence-corrected chi connectivity index (χ2v) is 8.55. The summed E-state index contributed by atoms with van der Waals surface area (Å²) >= 11 is 0. The van der Waals surface area contributed by atoms with Gasteiger partial charge in [0.15, 0.2) is 6.10 Å². The lowest BCUT2D eigenvalue weighted by atomic mass is 9.95. The number of ether oxygens (including phenoxy) is 1. The average Bonchev–Trinajstić information content (AvgIpc) is 2.68. The van der Waals surface area contributed by atoms with Gasteiger partial charge in [0.05, 0.1) is 32.6 Å². The number of esters is 1. The van der Waals surface area contributed by atoms with E-state index in [1.165, 1.54) is 24.1 Å². The number of fused-ring (bicyclic) bond motifs is 1. The van der Waals surface area contributed by atoms with E-state index in [0.717, 1.165) is 0 Å². The molecule has 2 aromatic rings. The fourth-order valence-electron chi connectivity index (χ4n) is 3.19. The molecule has 1 aliphatic heterocycles. The Labute approximate surface area is 171 Å². The number of anilines is 2. The number of amides is 2. The van der Waals surface area contributed by atoms with Crippen molar-refractivity contribution in [3.8, 4) is 0 Å². The van der Waals surface area contributed by atoms with Gasteiger partial charge in [-0.25, -0.2) is 4.79 Å². The standard InChI is InChI=1S/C21H22N2O5S/c1-13(28-19(25)14-9-5-8-12-17(14)29(4)27)18(24)23-16-11-7-6-10-15(16)22-20(26)21(23,2)3/h5-13H,1-4H3,(H,22,26)/t13-,29-/m1/s1. The molecule has 0 bridgehead atoms. The van der Waals surface area contributed by atoms with Gasteiger partial charge < -0.3 is 10.1 Å². The van der Waals surface area contributed by atoms with Crippen molar-refractivity contribution in [1.82, 2.24) is 0 Å². The predicted molar refractivity (Wildman–Crippen MR) is 110 cm³/mol. The summed E-state index contributed by atoms with van der Waals surface area (Å²) in [6, 6.07) is 13.3. The minimum absolute atomic E-state index is 0.143. The lowest BCUT2D eigenvalue weighted by Crippen LogP contribution is -2.60. The zero-order valence-corrected chi connectivity index (χ0v) is 17.4. The number of nitrogens with one attached hydrogen (secondary N) is 1. The van der Waals surface area contributed by atoms with Crippen LogP contribution in [0.1, 0.15) is 31.1 Å². The summed E-state index contributed by atoms with van der Waals surface area (Å²) in [4.78, 5) is 40.1. The van der Waals surface area contributed by atoms with Crippen molar-refractivity contribution in [1.29, 1.82) is 0 Å². The van der Waals surface area contributed by atoms with Crippen LogP contribution in [0, 0.1) is 0 Å². The molecular weight excluding hydrogens is 392 g/mol. The van der Waals surface area contributed by atoms with Gasteiger partial charge in [0.1, 0.15) is 5.54 Å². The van der Waals surface area contributed by atoms with E-state index in [0.29, 0.717) is 16.3 Å². The third-order valence-electron chi connectivity index (χ3n) is 4.78. The molecule has 29 heavy (non-hydrogen) atoms. The van der Waals surface area contributed by atoms with Gasteiger partial charge in [0, 0.05) is 6.26 Å². The number of nitrogens with zero attached hydrogens (tertiary/aromatic N) is 1. The van der Waals surface area contributed by atoms with Crippen LogP contribution < -0.4 is 10.2 Å². The van der Waals surface area contributed by atoms with Crippen LogP contribution in [0.25, 0.3) is 0 Å². The van der Waals surface area contributed by atoms with E-state index in [9.17, 15) is 18.6 Å². The molecule has 0 unspecified atom stereocenters. The summed E-state index contributed by atoms with van der Waals surface area (Å²) in [6.07, 6.45) is 0.311. The number of benzene rings is 2. The SMILES string of the molecule is C[C@@H](OC(=O)c1ccccc1[S@@](C)=O)C(=O)N1c2ccccc2NC(=O)C1(C)C. The molecule has 1 N–H and O–H groups in total. The number of rotatable bonds is 4. The molecule has 0 aromatic heterocycles. The van der Waals surface area contributed by atoms with E-state index in [1.54, 1.807) is 56.3 Å². The molecule has 2 amide bonds. The Hall–Kier alpha value is -3.00. The molecule has 0 fully saturated rings. The third-order valence-corrected chi connectivity index (χ3v) is 5.75. The van der Waals surface area contributed by atoms with Crippen molar-refractivity contribution in [2.24, 2.45) is 0 Å². The molecule has 0 spiro atoms. The summed E-state index contributed by atoms with van der Waals surface area (Å²) in [6.45, 7) is 4.71. The Morgan fingerprint density at radius 3 is 2.41 bits per heavy atom. The van der Waals surface area contributed by atoms with Crippen LogP contribution in [-0.4, -0.2) is 39.9 Å². The van der Waals surface area contributed by atoms with E-state index < -0.39 is 34.3 Å². The molecule has 8 heteroatoms. The number of carbonyl (C=O) groups excluding carboxylic acids is 3. The number of carbonyl (C=O) groups is 3. The minimum Gasteiger partial charge on any atom is -0.449 e. The van der Waals surface area contributed by atoms with Gasteiger partial charge in [0.25, 0.3) is 5.91 Å².